The minimum Gasteiger partial charge on any atom is -0.339 e. The first kappa shape index (κ1) is 15.8. The summed E-state index contributed by atoms with van der Waals surface area (Å²) in [6.07, 6.45) is 1.67. The smallest absolute Gasteiger partial charge is 0.254 e. The van der Waals surface area contributed by atoms with Crippen molar-refractivity contribution >= 4 is 39.4 Å². The van der Waals surface area contributed by atoms with Crippen LogP contribution in [-0.4, -0.2) is 32.9 Å². The highest BCUT2D eigenvalue weighted by Crippen LogP contribution is 2.31. The third kappa shape index (κ3) is 2.68. The van der Waals surface area contributed by atoms with E-state index in [1.165, 1.54) is 0 Å². The molecule has 3 rings (SSSR count). The Labute approximate surface area is 140 Å². The number of carbonyl (C=O) groups is 1. The van der Waals surface area contributed by atoms with Gasteiger partial charge in [0, 0.05) is 40.1 Å². The molecule has 0 aliphatic heterocycles. The van der Waals surface area contributed by atoms with Gasteiger partial charge in [0.1, 0.15) is 5.65 Å². The molecule has 4 nitrogen and oxygen atoms in total. The van der Waals surface area contributed by atoms with Crippen LogP contribution in [0.15, 0.2) is 30.5 Å². The number of pyridine rings is 1. The first-order valence-electron chi connectivity index (χ1n) is 7.78. The lowest BCUT2D eigenvalue weighted by Crippen LogP contribution is -2.42. The number of rotatable bonds is 3. The molecule has 0 bridgehead atoms. The van der Waals surface area contributed by atoms with E-state index in [0.717, 1.165) is 21.9 Å². The fraction of sp³-hybridized carbons (Fsp3) is 0.333. The van der Waals surface area contributed by atoms with Crippen LogP contribution in [-0.2, 0) is 0 Å². The predicted octanol–water partition coefficient (Wildman–Crippen LogP) is 4.63. The van der Waals surface area contributed by atoms with Gasteiger partial charge in [-0.2, -0.15) is 0 Å². The number of benzene rings is 1. The lowest BCUT2D eigenvalue weighted by Gasteiger charge is -2.30. The lowest BCUT2D eigenvalue weighted by molar-refractivity contribution is 0.0644. The second-order valence-electron chi connectivity index (χ2n) is 6.30. The Bertz CT molecular complexity index is 874. The summed E-state index contributed by atoms with van der Waals surface area (Å²) in [5.74, 6) is 0.0336. The Balaban J connectivity index is 2.16. The molecule has 0 radical (unpaired) electrons. The zero-order valence-corrected chi connectivity index (χ0v) is 14.5. The van der Waals surface area contributed by atoms with Crippen molar-refractivity contribution in [2.45, 2.75) is 39.8 Å². The first-order chi connectivity index (χ1) is 10.9. The average Bonchev–Trinajstić information content (AvgIpc) is 2.85. The molecule has 0 saturated heterocycles. The van der Waals surface area contributed by atoms with Crippen LogP contribution in [0.5, 0.6) is 0 Å². The van der Waals surface area contributed by atoms with Crippen LogP contribution in [0.2, 0.25) is 5.02 Å². The second-order valence-corrected chi connectivity index (χ2v) is 6.71. The molecule has 0 spiro atoms. The van der Waals surface area contributed by atoms with E-state index in [4.69, 9.17) is 11.6 Å². The van der Waals surface area contributed by atoms with Crippen LogP contribution in [0.1, 0.15) is 38.1 Å². The topological polar surface area (TPSA) is 49.0 Å². The molecule has 5 heteroatoms. The van der Waals surface area contributed by atoms with Crippen molar-refractivity contribution in [1.82, 2.24) is 14.9 Å². The molecule has 2 heterocycles. The molecule has 3 aromatic rings. The van der Waals surface area contributed by atoms with Gasteiger partial charge in [0.05, 0.1) is 5.02 Å². The molecule has 1 amide bonds. The fourth-order valence-electron chi connectivity index (χ4n) is 3.12. The van der Waals surface area contributed by atoms with Crippen LogP contribution < -0.4 is 0 Å². The first-order valence-corrected chi connectivity index (χ1v) is 8.16. The van der Waals surface area contributed by atoms with Gasteiger partial charge in [-0.25, -0.2) is 4.98 Å². The number of halogens is 1. The minimum atomic E-state index is 0.0336. The number of carbonyl (C=O) groups excluding carboxylic acids is 1. The van der Waals surface area contributed by atoms with Gasteiger partial charge in [0.25, 0.3) is 5.91 Å². The van der Waals surface area contributed by atoms with Crippen LogP contribution in [0.25, 0.3) is 21.9 Å². The maximum absolute atomic E-state index is 12.9. The highest BCUT2D eigenvalue weighted by molar-refractivity contribution is 6.37. The van der Waals surface area contributed by atoms with Crippen molar-refractivity contribution in [2.24, 2.45) is 0 Å². The zero-order valence-electron chi connectivity index (χ0n) is 13.7. The summed E-state index contributed by atoms with van der Waals surface area (Å²) in [4.78, 5) is 22.3. The molecule has 120 valence electrons. The molecule has 0 fully saturated rings. The maximum Gasteiger partial charge on any atom is 0.254 e. The summed E-state index contributed by atoms with van der Waals surface area (Å²) in [5.41, 5.74) is 2.33. The van der Waals surface area contributed by atoms with E-state index in [2.05, 4.69) is 9.97 Å². The fourth-order valence-corrected chi connectivity index (χ4v) is 3.37. The number of nitrogens with one attached hydrogen (secondary N) is 1. The minimum absolute atomic E-state index is 0.0336. The molecule has 0 unspecified atom stereocenters. The summed E-state index contributed by atoms with van der Waals surface area (Å²) in [6.45, 7) is 8.12. The number of nitrogens with zero attached hydrogens (tertiary/aromatic N) is 2. The third-order valence-corrected chi connectivity index (χ3v) is 4.35. The number of aromatic amines is 1. The predicted molar refractivity (Wildman–Crippen MR) is 95.1 cm³/mol. The van der Waals surface area contributed by atoms with Crippen molar-refractivity contribution in [3.05, 3.63) is 41.0 Å². The SMILES string of the molecule is CC(C)N(C(=O)c1ccc2[nH]c3nccc(Cl)c3c2c1)C(C)C. The van der Waals surface area contributed by atoms with Gasteiger partial charge in [0.2, 0.25) is 0 Å². The van der Waals surface area contributed by atoms with E-state index in [-0.39, 0.29) is 18.0 Å². The van der Waals surface area contributed by atoms with Crippen molar-refractivity contribution in [2.75, 3.05) is 0 Å². The van der Waals surface area contributed by atoms with Gasteiger partial charge in [-0.05, 0) is 52.0 Å². The van der Waals surface area contributed by atoms with Crippen LogP contribution in [0.4, 0.5) is 0 Å². The van der Waals surface area contributed by atoms with E-state index in [1.54, 1.807) is 12.3 Å². The Morgan fingerprint density at radius 2 is 1.87 bits per heavy atom. The quantitative estimate of drug-likeness (QED) is 0.761. The molecule has 1 N–H and O–H groups in total. The zero-order chi connectivity index (χ0) is 16.7. The van der Waals surface area contributed by atoms with Gasteiger partial charge < -0.3 is 9.88 Å². The Kier molecular flexibility index (Phi) is 4.02. The van der Waals surface area contributed by atoms with E-state index >= 15 is 0 Å². The number of hydrogen-bond acceptors (Lipinski definition) is 2. The summed E-state index contributed by atoms with van der Waals surface area (Å²) < 4.78 is 0. The van der Waals surface area contributed by atoms with Crippen LogP contribution in [0.3, 0.4) is 0 Å². The molecule has 0 aliphatic rings. The maximum atomic E-state index is 12.9. The number of hydrogen-bond donors (Lipinski definition) is 1. The highest BCUT2D eigenvalue weighted by atomic mass is 35.5. The Morgan fingerprint density at radius 3 is 2.52 bits per heavy atom. The van der Waals surface area contributed by atoms with Gasteiger partial charge in [-0.15, -0.1) is 0 Å². The monoisotopic (exact) mass is 329 g/mol. The highest BCUT2D eigenvalue weighted by Gasteiger charge is 2.22. The van der Waals surface area contributed by atoms with Gasteiger partial charge in [-0.1, -0.05) is 11.6 Å². The Hall–Kier alpha value is -2.07. The molecule has 1 aromatic carbocycles. The van der Waals surface area contributed by atoms with Gasteiger partial charge in [0.15, 0.2) is 0 Å². The molecular formula is C18H20ClN3O. The van der Waals surface area contributed by atoms with Gasteiger partial charge in [-0.3, -0.25) is 4.79 Å². The standard InChI is InChI=1S/C18H20ClN3O/c1-10(2)22(11(3)4)18(23)12-5-6-15-13(9-12)16-14(19)7-8-20-17(16)21-15/h5-11H,1-4H3,(H,20,21). The lowest BCUT2D eigenvalue weighted by atomic mass is 10.1. The van der Waals surface area contributed by atoms with Crippen molar-refractivity contribution in [1.29, 1.82) is 0 Å². The summed E-state index contributed by atoms with van der Waals surface area (Å²) in [6, 6.07) is 7.73. The summed E-state index contributed by atoms with van der Waals surface area (Å²) >= 11 is 6.32. The van der Waals surface area contributed by atoms with Crippen molar-refractivity contribution < 1.29 is 4.79 Å². The van der Waals surface area contributed by atoms with Gasteiger partial charge >= 0.3 is 0 Å². The number of amides is 1. The molecule has 0 saturated carbocycles. The van der Waals surface area contributed by atoms with E-state index < -0.39 is 0 Å². The molecule has 0 aliphatic carbocycles. The van der Waals surface area contributed by atoms with E-state index in [0.29, 0.717) is 10.6 Å². The molecule has 0 atom stereocenters. The van der Waals surface area contributed by atoms with Crippen LogP contribution in [0, 0.1) is 0 Å². The normalized spacial score (nSPS) is 11.8. The summed E-state index contributed by atoms with van der Waals surface area (Å²) in [5, 5.41) is 2.42. The second kappa shape index (κ2) is 5.85. The van der Waals surface area contributed by atoms with Crippen molar-refractivity contribution in [3.8, 4) is 0 Å². The number of aromatic nitrogens is 2. The third-order valence-electron chi connectivity index (χ3n) is 4.04. The number of H-pyrrole nitrogens is 1. The largest absolute Gasteiger partial charge is 0.339 e. The average molecular weight is 330 g/mol. The van der Waals surface area contributed by atoms with E-state index in [9.17, 15) is 4.79 Å². The van der Waals surface area contributed by atoms with Crippen LogP contribution >= 0.6 is 11.6 Å². The molecule has 23 heavy (non-hydrogen) atoms. The number of fused-ring (bicyclic) bond motifs is 3. The molecule has 2 aromatic heterocycles. The van der Waals surface area contributed by atoms with Crippen molar-refractivity contribution in [3.63, 3.8) is 0 Å². The molecular weight excluding hydrogens is 310 g/mol. The van der Waals surface area contributed by atoms with E-state index in [1.807, 2.05) is 50.8 Å². The summed E-state index contributed by atoms with van der Waals surface area (Å²) in [7, 11) is 0. The Morgan fingerprint density at radius 1 is 1.17 bits per heavy atom.